The lowest BCUT2D eigenvalue weighted by Crippen LogP contribution is -2.50. The Bertz CT molecular complexity index is 803. The quantitative estimate of drug-likeness (QED) is 0.344. The zero-order chi connectivity index (χ0) is 26.5. The van der Waals surface area contributed by atoms with Crippen molar-refractivity contribution >= 4 is 17.7 Å². The summed E-state index contributed by atoms with van der Waals surface area (Å²) in [5, 5.41) is 6.04. The summed E-state index contributed by atoms with van der Waals surface area (Å²) >= 11 is 0. The summed E-state index contributed by atoms with van der Waals surface area (Å²) < 4.78 is 0. The summed E-state index contributed by atoms with van der Waals surface area (Å²) in [6.45, 7) is 16.3. The molecule has 35 heavy (non-hydrogen) atoms. The number of nitrogens with zero attached hydrogens (tertiary/aromatic N) is 1. The molecule has 0 bridgehead atoms. The van der Waals surface area contributed by atoms with Gasteiger partial charge in [-0.1, -0.05) is 54.5 Å². The summed E-state index contributed by atoms with van der Waals surface area (Å²) in [5.74, 6) is 0.126. The van der Waals surface area contributed by atoms with Crippen LogP contribution in [0.1, 0.15) is 94.9 Å². The summed E-state index contributed by atoms with van der Waals surface area (Å²) in [6, 6.07) is 6.24. The highest BCUT2D eigenvalue weighted by Gasteiger charge is 2.26. The van der Waals surface area contributed by atoms with E-state index in [1.807, 2.05) is 25.7 Å². The molecule has 3 atom stereocenters. The molecule has 4 N–H and O–H groups in total. The van der Waals surface area contributed by atoms with Crippen molar-refractivity contribution in [3.05, 3.63) is 35.4 Å². The van der Waals surface area contributed by atoms with Crippen LogP contribution in [-0.4, -0.2) is 54.3 Å². The van der Waals surface area contributed by atoms with Crippen LogP contribution >= 0.6 is 0 Å². The van der Waals surface area contributed by atoms with Crippen LogP contribution in [0.2, 0.25) is 0 Å². The molecule has 0 saturated carbocycles. The van der Waals surface area contributed by atoms with Gasteiger partial charge in [0.2, 0.25) is 5.91 Å². The number of nitrogens with one attached hydrogen (secondary N) is 2. The van der Waals surface area contributed by atoms with Gasteiger partial charge in [-0.3, -0.25) is 14.4 Å². The Balaban J connectivity index is 2.94. The van der Waals surface area contributed by atoms with E-state index in [4.69, 9.17) is 5.73 Å². The molecule has 0 aliphatic carbocycles. The van der Waals surface area contributed by atoms with Crippen LogP contribution in [0.25, 0.3) is 0 Å². The first kappa shape index (κ1) is 30.6. The molecule has 0 heterocycles. The van der Waals surface area contributed by atoms with Gasteiger partial charge >= 0.3 is 0 Å². The smallest absolute Gasteiger partial charge is 0.253 e. The minimum atomic E-state index is -0.365. The van der Waals surface area contributed by atoms with Crippen LogP contribution in [-0.2, 0) is 4.79 Å². The largest absolute Gasteiger partial charge is 0.356 e. The van der Waals surface area contributed by atoms with Crippen molar-refractivity contribution in [2.75, 3.05) is 19.6 Å². The molecule has 7 heteroatoms. The Labute approximate surface area is 212 Å². The van der Waals surface area contributed by atoms with Crippen LogP contribution in [0.15, 0.2) is 24.3 Å². The molecule has 0 aliphatic heterocycles. The first-order valence-corrected chi connectivity index (χ1v) is 13.2. The number of carbonyl (C=O) groups excluding carboxylic acids is 3. The molecular weight excluding hydrogens is 440 g/mol. The van der Waals surface area contributed by atoms with E-state index < -0.39 is 0 Å². The zero-order valence-corrected chi connectivity index (χ0v) is 22.9. The van der Waals surface area contributed by atoms with Crippen LogP contribution in [0.3, 0.4) is 0 Å². The van der Waals surface area contributed by atoms with E-state index in [1.54, 1.807) is 24.3 Å². The highest BCUT2D eigenvalue weighted by molar-refractivity contribution is 5.99. The minimum absolute atomic E-state index is 0.0151. The van der Waals surface area contributed by atoms with Gasteiger partial charge in [-0.15, -0.1) is 0 Å². The van der Waals surface area contributed by atoms with Gasteiger partial charge in [-0.2, -0.15) is 0 Å². The Kier molecular flexibility index (Phi) is 13.6. The van der Waals surface area contributed by atoms with Crippen LogP contribution in [0.5, 0.6) is 0 Å². The normalized spacial score (nSPS) is 13.9. The monoisotopic (exact) mass is 488 g/mol. The molecule has 0 aromatic heterocycles. The van der Waals surface area contributed by atoms with E-state index in [-0.39, 0.29) is 35.7 Å². The van der Waals surface area contributed by atoms with Gasteiger partial charge in [-0.25, -0.2) is 0 Å². The molecule has 7 nitrogen and oxygen atoms in total. The average molecular weight is 489 g/mol. The maximum Gasteiger partial charge on any atom is 0.253 e. The maximum atomic E-state index is 13.2. The molecule has 0 radical (unpaired) electrons. The number of amides is 3. The van der Waals surface area contributed by atoms with E-state index >= 15 is 0 Å². The molecule has 0 fully saturated rings. The van der Waals surface area contributed by atoms with Crippen molar-refractivity contribution in [3.63, 3.8) is 0 Å². The number of hydrogen-bond donors (Lipinski definition) is 3. The number of carbonyl (C=O) groups is 3. The summed E-state index contributed by atoms with van der Waals surface area (Å²) in [6.07, 6.45) is 2.94. The van der Waals surface area contributed by atoms with E-state index in [0.29, 0.717) is 55.4 Å². The lowest BCUT2D eigenvalue weighted by Gasteiger charge is -2.28. The molecule has 3 unspecified atom stereocenters. The van der Waals surface area contributed by atoms with E-state index in [9.17, 15) is 14.4 Å². The molecule has 1 aromatic carbocycles. The number of nitrogens with two attached hydrogens (primary N) is 1. The second-order valence-corrected chi connectivity index (χ2v) is 10.5. The van der Waals surface area contributed by atoms with E-state index in [0.717, 1.165) is 12.8 Å². The molecule has 3 amide bonds. The first-order chi connectivity index (χ1) is 16.5. The first-order valence-electron chi connectivity index (χ1n) is 13.2. The molecule has 198 valence electrons. The Morgan fingerprint density at radius 3 is 2.06 bits per heavy atom. The van der Waals surface area contributed by atoms with Gasteiger partial charge < -0.3 is 21.3 Å². The minimum Gasteiger partial charge on any atom is -0.356 e. The van der Waals surface area contributed by atoms with Gasteiger partial charge in [0, 0.05) is 48.8 Å². The van der Waals surface area contributed by atoms with E-state index in [2.05, 4.69) is 38.3 Å². The SMILES string of the molecule is CCCN(CCC)C(=O)c1cccc(C(=O)NC(CC(C)C)C(N)CC(C)C(=O)NCC(C)C)c1. The lowest BCUT2D eigenvalue weighted by atomic mass is 9.90. The van der Waals surface area contributed by atoms with Gasteiger partial charge in [0.1, 0.15) is 0 Å². The van der Waals surface area contributed by atoms with E-state index in [1.165, 1.54) is 0 Å². The van der Waals surface area contributed by atoms with Crippen molar-refractivity contribution in [2.24, 2.45) is 23.5 Å². The van der Waals surface area contributed by atoms with Crippen molar-refractivity contribution in [2.45, 2.75) is 86.2 Å². The summed E-state index contributed by atoms with van der Waals surface area (Å²) in [7, 11) is 0. The van der Waals surface area contributed by atoms with Crippen molar-refractivity contribution in [3.8, 4) is 0 Å². The standard InChI is InChI=1S/C28H48N4O3/c1-8-13-32(14-9-2)28(35)23-12-10-11-22(17-23)27(34)31-25(15-19(3)4)24(29)16-21(7)26(33)30-18-20(5)6/h10-12,17,19-21,24-25H,8-9,13-16,18,29H2,1-7H3,(H,30,33)(H,31,34). The zero-order valence-electron chi connectivity index (χ0n) is 22.9. The van der Waals surface area contributed by atoms with Gasteiger partial charge in [0.15, 0.2) is 0 Å². The maximum absolute atomic E-state index is 13.2. The number of hydrogen-bond acceptors (Lipinski definition) is 4. The predicted octanol–water partition coefficient (Wildman–Crippen LogP) is 4.22. The summed E-state index contributed by atoms with van der Waals surface area (Å²) in [4.78, 5) is 40.4. The second kappa shape index (κ2) is 15.6. The summed E-state index contributed by atoms with van der Waals surface area (Å²) in [5.41, 5.74) is 7.47. The molecule has 0 saturated heterocycles. The van der Waals surface area contributed by atoms with Crippen LogP contribution in [0, 0.1) is 17.8 Å². The molecule has 0 spiro atoms. The Morgan fingerprint density at radius 2 is 1.51 bits per heavy atom. The van der Waals surface area contributed by atoms with Crippen molar-refractivity contribution in [1.29, 1.82) is 0 Å². The molecule has 1 rings (SSSR count). The fourth-order valence-corrected chi connectivity index (χ4v) is 4.09. The Morgan fingerprint density at radius 1 is 0.914 bits per heavy atom. The van der Waals surface area contributed by atoms with Gasteiger partial charge in [-0.05, 0) is 55.7 Å². The third-order valence-electron chi connectivity index (χ3n) is 5.96. The van der Waals surface area contributed by atoms with Crippen molar-refractivity contribution < 1.29 is 14.4 Å². The molecule has 1 aromatic rings. The number of benzene rings is 1. The van der Waals surface area contributed by atoms with Crippen LogP contribution in [0.4, 0.5) is 0 Å². The second-order valence-electron chi connectivity index (χ2n) is 10.5. The predicted molar refractivity (Wildman–Crippen MR) is 143 cm³/mol. The third kappa shape index (κ3) is 10.8. The number of rotatable bonds is 15. The fraction of sp³-hybridized carbons (Fsp3) is 0.679. The van der Waals surface area contributed by atoms with Crippen molar-refractivity contribution in [1.82, 2.24) is 15.5 Å². The highest BCUT2D eigenvalue weighted by atomic mass is 16.2. The average Bonchev–Trinajstić information content (AvgIpc) is 2.81. The lowest BCUT2D eigenvalue weighted by molar-refractivity contribution is -0.125. The molecular formula is C28H48N4O3. The van der Waals surface area contributed by atoms with Crippen LogP contribution < -0.4 is 16.4 Å². The topological polar surface area (TPSA) is 105 Å². The van der Waals surface area contributed by atoms with Gasteiger partial charge in [0.25, 0.3) is 11.8 Å². The molecule has 0 aliphatic rings. The highest BCUT2D eigenvalue weighted by Crippen LogP contribution is 2.16. The Hall–Kier alpha value is -2.41. The van der Waals surface area contributed by atoms with Gasteiger partial charge in [0.05, 0.1) is 0 Å². The third-order valence-corrected chi connectivity index (χ3v) is 5.96. The fourth-order valence-electron chi connectivity index (χ4n) is 4.09.